The second-order valence-corrected chi connectivity index (χ2v) is 18.9. The van der Waals surface area contributed by atoms with Gasteiger partial charge in [0.2, 0.25) is 35.4 Å². The number of aromatic nitrogens is 2. The predicted octanol–water partition coefficient (Wildman–Crippen LogP) is -0.148. The van der Waals surface area contributed by atoms with Crippen LogP contribution < -0.4 is 66.3 Å². The van der Waals surface area contributed by atoms with E-state index in [9.17, 15) is 38.7 Å². The summed E-state index contributed by atoms with van der Waals surface area (Å²) >= 11 is 0. The molecule has 6 amide bonds. The third-order valence-electron chi connectivity index (χ3n) is 12.8. The van der Waals surface area contributed by atoms with Crippen LogP contribution in [0.25, 0.3) is 21.8 Å². The summed E-state index contributed by atoms with van der Waals surface area (Å²) in [5.74, 6) is -5.86. The highest BCUT2D eigenvalue weighted by molar-refractivity contribution is 5.98. The molecule has 2 aromatic heterocycles. The molecule has 0 bridgehead atoms. The molecule has 406 valence electrons. The van der Waals surface area contributed by atoms with Gasteiger partial charge >= 0.3 is 5.97 Å². The number of H-pyrrole nitrogens is 2. The fourth-order valence-corrected chi connectivity index (χ4v) is 8.44. The molecule has 0 spiro atoms. The molecule has 0 saturated heterocycles. The van der Waals surface area contributed by atoms with Gasteiger partial charge in [0.05, 0.1) is 6.04 Å². The van der Waals surface area contributed by atoms with Crippen molar-refractivity contribution in [1.29, 1.82) is 0 Å². The molecule has 0 aliphatic carbocycles. The average molecular weight is 1030 g/mol. The Morgan fingerprint density at radius 2 is 0.865 bits per heavy atom. The summed E-state index contributed by atoms with van der Waals surface area (Å²) in [6.45, 7) is 4.61. The fourth-order valence-electron chi connectivity index (χ4n) is 8.44. The monoisotopic (exact) mass is 1030 g/mol. The second kappa shape index (κ2) is 30.8. The Balaban J connectivity index is 1.66. The first-order valence-corrected chi connectivity index (χ1v) is 25.5. The van der Waals surface area contributed by atoms with Crippen LogP contribution in [0.4, 0.5) is 0 Å². The van der Waals surface area contributed by atoms with Gasteiger partial charge in [-0.1, -0.05) is 50.2 Å². The summed E-state index contributed by atoms with van der Waals surface area (Å²) in [6.07, 6.45) is 6.75. The van der Waals surface area contributed by atoms with Crippen molar-refractivity contribution in [2.75, 3.05) is 26.2 Å². The van der Waals surface area contributed by atoms with Gasteiger partial charge in [-0.25, -0.2) is 4.79 Å². The van der Waals surface area contributed by atoms with Gasteiger partial charge < -0.3 is 81.4 Å². The lowest BCUT2D eigenvalue weighted by Gasteiger charge is -2.28. The highest BCUT2D eigenvalue weighted by Gasteiger charge is 2.34. The SMILES string of the molecule is CC(C)[C@H](N)C(=O)N[C@@H](CCCN=C(N)N)C(=O)N[C@@H](Cc1c[nH]c2ccccc12)C(=O)N[C@@H](CCCCN)C(=O)N[C@@H](CCCCN)C(=O)N[C@@H](Cc1c[nH]c2ccccc12)C(=O)N[C@@H](CCCCN)C(=O)O. The van der Waals surface area contributed by atoms with Crippen LogP contribution in [0, 0.1) is 5.92 Å². The molecule has 4 aromatic rings. The zero-order valence-corrected chi connectivity index (χ0v) is 42.6. The molecule has 4 rings (SSSR count). The van der Waals surface area contributed by atoms with Crippen molar-refractivity contribution >= 4 is 69.2 Å². The molecule has 21 N–H and O–H groups in total. The van der Waals surface area contributed by atoms with E-state index in [2.05, 4.69) is 46.9 Å². The maximum Gasteiger partial charge on any atom is 0.326 e. The van der Waals surface area contributed by atoms with Crippen LogP contribution in [-0.2, 0) is 46.4 Å². The zero-order chi connectivity index (χ0) is 54.2. The van der Waals surface area contributed by atoms with Crippen LogP contribution in [0.5, 0.6) is 0 Å². The van der Waals surface area contributed by atoms with E-state index < -0.39 is 83.7 Å². The van der Waals surface area contributed by atoms with Crippen molar-refractivity contribution in [3.05, 3.63) is 72.1 Å². The van der Waals surface area contributed by atoms with Crippen molar-refractivity contribution in [1.82, 2.24) is 41.9 Å². The van der Waals surface area contributed by atoms with Crippen LogP contribution in [0.2, 0.25) is 0 Å². The zero-order valence-electron chi connectivity index (χ0n) is 42.6. The van der Waals surface area contributed by atoms with Crippen LogP contribution >= 0.6 is 0 Å². The van der Waals surface area contributed by atoms with Gasteiger partial charge in [0.1, 0.15) is 36.3 Å². The Labute approximate surface area is 431 Å². The number of guanidine groups is 1. The predicted molar refractivity (Wildman–Crippen MR) is 285 cm³/mol. The normalized spacial score (nSPS) is 14.2. The number of rotatable bonds is 34. The van der Waals surface area contributed by atoms with Crippen molar-refractivity contribution < 1.29 is 38.7 Å². The lowest BCUT2D eigenvalue weighted by atomic mass is 10.0. The quantitative estimate of drug-likeness (QED) is 0.0165. The van der Waals surface area contributed by atoms with Crippen LogP contribution in [0.3, 0.4) is 0 Å². The highest BCUT2D eigenvalue weighted by atomic mass is 16.4. The number of carboxylic acids is 1. The molecule has 2 heterocycles. The van der Waals surface area contributed by atoms with Gasteiger partial charge in [-0.05, 0) is 119 Å². The smallest absolute Gasteiger partial charge is 0.326 e. The highest BCUT2D eigenvalue weighted by Crippen LogP contribution is 2.21. The summed E-state index contributed by atoms with van der Waals surface area (Å²) in [6, 6.07) is 6.33. The number of nitrogens with zero attached hydrogens (tertiary/aromatic N) is 1. The number of aliphatic imine (C=N–C) groups is 1. The van der Waals surface area contributed by atoms with Gasteiger partial charge in [-0.15, -0.1) is 0 Å². The summed E-state index contributed by atoms with van der Waals surface area (Å²) < 4.78 is 0. The number of carbonyl (C=O) groups excluding carboxylic acids is 6. The Morgan fingerprint density at radius 1 is 0.514 bits per heavy atom. The van der Waals surface area contributed by atoms with E-state index in [-0.39, 0.29) is 69.9 Å². The van der Waals surface area contributed by atoms with E-state index in [0.29, 0.717) is 62.7 Å². The molecule has 0 saturated carbocycles. The van der Waals surface area contributed by atoms with Crippen molar-refractivity contribution in [3.8, 4) is 0 Å². The Morgan fingerprint density at radius 3 is 1.26 bits per heavy atom. The fraction of sp³-hybridized carbons (Fsp3) is 0.529. The Kier molecular flexibility index (Phi) is 24.8. The summed E-state index contributed by atoms with van der Waals surface area (Å²) in [7, 11) is 0. The van der Waals surface area contributed by atoms with Gasteiger partial charge in [0.15, 0.2) is 5.96 Å². The standard InChI is InChI=1S/C51H79N15O8/c1-30(2)43(55)49(72)63-39(21-13-25-58-51(56)57)46(69)65-41(26-31-28-59-35-16-5-3-14-33(31)35)47(70)62-37(18-7-10-22-52)44(67)61-38(19-8-11-23-53)45(68)66-42(27-32-29-60-36-17-6-4-15-34(32)36)48(71)64-40(50(73)74)20-9-12-24-54/h3-6,14-17,28-30,37-43,59-60H,7-13,18-27,52-55H2,1-2H3,(H,61,67)(H,62,70)(H,63,72)(H,64,71)(H,65,69)(H,66,68)(H,73,74)(H4,56,57,58)/t37-,38-,39-,40-,41-,42-,43-/m0/s1. The van der Waals surface area contributed by atoms with E-state index >= 15 is 0 Å². The minimum Gasteiger partial charge on any atom is -0.480 e. The minimum atomic E-state index is -1.31. The Bertz CT molecular complexity index is 2490. The number of fused-ring (bicyclic) bond motifs is 2. The molecule has 2 aromatic carbocycles. The number of carboxylic acid groups (broad SMARTS) is 1. The number of aliphatic carboxylic acids is 1. The summed E-state index contributed by atoms with van der Waals surface area (Å²) in [4.78, 5) is 108. The first kappa shape index (κ1) is 59.5. The first-order chi connectivity index (χ1) is 35.5. The molecule has 23 heteroatoms. The molecule has 0 aliphatic rings. The maximum absolute atomic E-state index is 14.7. The topological polar surface area (TPSA) is 412 Å². The lowest BCUT2D eigenvalue weighted by Crippen LogP contribution is -2.60. The number of hydrogen-bond acceptors (Lipinski definition) is 12. The van der Waals surface area contributed by atoms with Crippen molar-refractivity contribution in [3.63, 3.8) is 0 Å². The van der Waals surface area contributed by atoms with Crippen molar-refractivity contribution in [2.24, 2.45) is 45.3 Å². The number of unbranched alkanes of at least 4 members (excludes halogenated alkanes) is 3. The molecular weight excluding hydrogens is 951 g/mol. The van der Waals surface area contributed by atoms with Gasteiger partial charge in [0.25, 0.3) is 0 Å². The molecule has 74 heavy (non-hydrogen) atoms. The number of nitrogens with two attached hydrogens (primary N) is 6. The van der Waals surface area contributed by atoms with Gasteiger partial charge in [-0.3, -0.25) is 33.8 Å². The van der Waals surface area contributed by atoms with Crippen LogP contribution in [0.15, 0.2) is 65.9 Å². The maximum atomic E-state index is 14.7. The van der Waals surface area contributed by atoms with E-state index in [1.54, 1.807) is 26.2 Å². The third kappa shape index (κ3) is 18.8. The van der Waals surface area contributed by atoms with Crippen LogP contribution in [0.1, 0.15) is 95.6 Å². The first-order valence-electron chi connectivity index (χ1n) is 25.5. The number of aromatic amines is 2. The molecule has 0 unspecified atom stereocenters. The molecular formula is C51H79N15O8. The minimum absolute atomic E-state index is 0.0349. The number of amides is 6. The Hall–Kier alpha value is -7.08. The lowest BCUT2D eigenvalue weighted by molar-refractivity contribution is -0.142. The molecule has 0 aliphatic heterocycles. The average Bonchev–Trinajstić information content (AvgIpc) is 3.98. The largest absolute Gasteiger partial charge is 0.480 e. The third-order valence-corrected chi connectivity index (χ3v) is 12.8. The van der Waals surface area contributed by atoms with Gasteiger partial charge in [0, 0.05) is 53.6 Å². The van der Waals surface area contributed by atoms with Crippen molar-refractivity contribution in [2.45, 2.75) is 140 Å². The summed E-state index contributed by atoms with van der Waals surface area (Å²) in [5, 5.41) is 28.2. The van der Waals surface area contributed by atoms with E-state index in [1.807, 2.05) is 48.5 Å². The number of carbonyl (C=O) groups is 7. The molecule has 0 radical (unpaired) electrons. The van der Waals surface area contributed by atoms with Crippen LogP contribution in [-0.4, -0.2) is 131 Å². The van der Waals surface area contributed by atoms with E-state index in [4.69, 9.17) is 34.4 Å². The summed E-state index contributed by atoms with van der Waals surface area (Å²) in [5.41, 5.74) is 37.5. The number of benzene rings is 2. The second-order valence-electron chi connectivity index (χ2n) is 18.9. The van der Waals surface area contributed by atoms with E-state index in [1.165, 1.54) is 0 Å². The number of para-hydroxylation sites is 2. The number of hydrogen-bond donors (Lipinski definition) is 15. The number of nitrogens with one attached hydrogen (secondary N) is 8. The molecule has 23 nitrogen and oxygen atoms in total. The van der Waals surface area contributed by atoms with E-state index in [0.717, 1.165) is 21.8 Å². The molecule has 0 fully saturated rings. The molecule has 7 atom stereocenters. The van der Waals surface area contributed by atoms with Gasteiger partial charge in [-0.2, -0.15) is 0 Å².